The third kappa shape index (κ3) is 1.63. The summed E-state index contributed by atoms with van der Waals surface area (Å²) in [5.41, 5.74) is -0.429. The van der Waals surface area contributed by atoms with Gasteiger partial charge in [-0.05, 0) is 31.6 Å². The molecule has 104 valence electrons. The molecular weight excluding hydrogens is 238 g/mol. The minimum absolute atomic E-state index is 0.0684. The minimum Gasteiger partial charge on any atom is -0.282 e. The highest BCUT2D eigenvalue weighted by Gasteiger charge is 2.66. The first-order valence-corrected chi connectivity index (χ1v) is 7.64. The molecule has 19 heavy (non-hydrogen) atoms. The Morgan fingerprint density at radius 3 is 2.74 bits per heavy atom. The monoisotopic (exact) mass is 261 g/mol. The first-order valence-electron chi connectivity index (χ1n) is 7.64. The van der Waals surface area contributed by atoms with Gasteiger partial charge in [-0.25, -0.2) is 0 Å². The van der Waals surface area contributed by atoms with Gasteiger partial charge in [-0.3, -0.25) is 14.5 Å². The van der Waals surface area contributed by atoms with Gasteiger partial charge in [0, 0.05) is 6.54 Å². The zero-order valence-corrected chi connectivity index (χ0v) is 11.9. The van der Waals surface area contributed by atoms with Gasteiger partial charge in [-0.15, -0.1) is 0 Å². The van der Waals surface area contributed by atoms with Gasteiger partial charge in [0.1, 0.15) is 0 Å². The molecule has 0 aromatic carbocycles. The normalized spacial score (nSPS) is 39.5. The van der Waals surface area contributed by atoms with Gasteiger partial charge in [0.25, 0.3) is 0 Å². The molecule has 0 aromatic heterocycles. The Labute approximate surface area is 115 Å². The van der Waals surface area contributed by atoms with Crippen LogP contribution in [-0.2, 0) is 9.59 Å². The van der Waals surface area contributed by atoms with E-state index in [2.05, 4.69) is 19.1 Å². The molecule has 3 heteroatoms. The molecule has 0 radical (unpaired) electrons. The Hall–Kier alpha value is -1.12. The van der Waals surface area contributed by atoms with E-state index in [1.807, 2.05) is 6.92 Å². The molecule has 1 saturated heterocycles. The van der Waals surface area contributed by atoms with Gasteiger partial charge in [0.15, 0.2) is 0 Å². The number of hydrogen-bond acceptors (Lipinski definition) is 2. The fourth-order valence-electron chi connectivity index (χ4n) is 4.29. The smallest absolute Gasteiger partial charge is 0.236 e. The maximum absolute atomic E-state index is 12.6. The third-order valence-corrected chi connectivity index (χ3v) is 5.43. The number of hydrogen-bond donors (Lipinski definition) is 0. The Morgan fingerprint density at radius 2 is 2.05 bits per heavy atom. The summed E-state index contributed by atoms with van der Waals surface area (Å²) in [5, 5.41) is 0. The molecule has 4 unspecified atom stereocenters. The van der Waals surface area contributed by atoms with Crippen molar-refractivity contribution in [2.45, 2.75) is 46.0 Å². The van der Waals surface area contributed by atoms with E-state index in [1.165, 1.54) is 12.8 Å². The molecule has 1 saturated carbocycles. The van der Waals surface area contributed by atoms with Crippen molar-refractivity contribution in [1.82, 2.24) is 4.90 Å². The number of imide groups is 1. The van der Waals surface area contributed by atoms with E-state index in [0.29, 0.717) is 18.4 Å². The van der Waals surface area contributed by atoms with Crippen LogP contribution in [0.5, 0.6) is 0 Å². The zero-order valence-electron chi connectivity index (χ0n) is 11.9. The number of unbranched alkanes of at least 4 members (excludes halogenated alkanes) is 3. The first kappa shape index (κ1) is 12.9. The van der Waals surface area contributed by atoms with E-state index in [4.69, 9.17) is 0 Å². The Balaban J connectivity index is 1.73. The van der Waals surface area contributed by atoms with E-state index >= 15 is 0 Å². The molecule has 2 bridgehead atoms. The van der Waals surface area contributed by atoms with Crippen molar-refractivity contribution in [3.05, 3.63) is 12.2 Å². The summed E-state index contributed by atoms with van der Waals surface area (Å²) in [6, 6.07) is 0. The van der Waals surface area contributed by atoms with Crippen LogP contribution in [0, 0.1) is 23.2 Å². The van der Waals surface area contributed by atoms with E-state index in [1.54, 1.807) is 4.90 Å². The number of allylic oxidation sites excluding steroid dienone is 2. The highest BCUT2D eigenvalue weighted by Crippen LogP contribution is 2.60. The number of carbonyl (C=O) groups excluding carboxylic acids is 2. The Bertz CT molecular complexity index is 442. The molecular formula is C16H23NO2. The van der Waals surface area contributed by atoms with Crippen LogP contribution in [0.15, 0.2) is 12.2 Å². The number of rotatable bonds is 5. The molecule has 2 amide bonds. The zero-order chi connectivity index (χ0) is 13.6. The topological polar surface area (TPSA) is 37.4 Å². The lowest BCUT2D eigenvalue weighted by atomic mass is 9.71. The molecule has 3 rings (SSSR count). The highest BCUT2D eigenvalue weighted by molar-refractivity contribution is 6.08. The van der Waals surface area contributed by atoms with Crippen LogP contribution in [-0.4, -0.2) is 23.3 Å². The summed E-state index contributed by atoms with van der Waals surface area (Å²) in [5.74, 6) is 0.726. The molecule has 4 atom stereocenters. The number of fused-ring (bicyclic) bond motifs is 5. The van der Waals surface area contributed by atoms with Crippen LogP contribution < -0.4 is 0 Å². The predicted octanol–water partition coefficient (Wildman–Crippen LogP) is 2.76. The molecule has 0 N–H and O–H groups in total. The van der Waals surface area contributed by atoms with Crippen molar-refractivity contribution in [3.63, 3.8) is 0 Å². The Kier molecular flexibility index (Phi) is 3.03. The van der Waals surface area contributed by atoms with Crippen molar-refractivity contribution in [2.75, 3.05) is 6.54 Å². The SMILES string of the molecule is CCCCCCN1C(=O)C2C3C=CC(C3)C2(C)C1=O. The molecule has 1 aliphatic heterocycles. The van der Waals surface area contributed by atoms with Crippen molar-refractivity contribution in [2.24, 2.45) is 23.2 Å². The van der Waals surface area contributed by atoms with Crippen LogP contribution >= 0.6 is 0 Å². The second-order valence-electron chi connectivity index (χ2n) is 6.51. The van der Waals surface area contributed by atoms with Gasteiger partial charge in [0.05, 0.1) is 11.3 Å². The first-order chi connectivity index (χ1) is 9.10. The fourth-order valence-corrected chi connectivity index (χ4v) is 4.29. The quantitative estimate of drug-likeness (QED) is 0.433. The van der Waals surface area contributed by atoms with Gasteiger partial charge >= 0.3 is 0 Å². The second kappa shape index (κ2) is 4.46. The van der Waals surface area contributed by atoms with Crippen LogP contribution in [0.3, 0.4) is 0 Å². The van der Waals surface area contributed by atoms with Crippen LogP contribution in [0.2, 0.25) is 0 Å². The predicted molar refractivity (Wildman–Crippen MR) is 73.2 cm³/mol. The molecule has 0 aromatic rings. The number of amides is 2. The largest absolute Gasteiger partial charge is 0.282 e. The van der Waals surface area contributed by atoms with Crippen LogP contribution in [0.25, 0.3) is 0 Å². The van der Waals surface area contributed by atoms with Crippen LogP contribution in [0.1, 0.15) is 46.0 Å². The van der Waals surface area contributed by atoms with Crippen LogP contribution in [0.4, 0.5) is 0 Å². The van der Waals surface area contributed by atoms with Gasteiger partial charge in [0.2, 0.25) is 11.8 Å². The minimum atomic E-state index is -0.429. The molecule has 1 heterocycles. The van der Waals surface area contributed by atoms with E-state index in [-0.39, 0.29) is 17.7 Å². The highest BCUT2D eigenvalue weighted by atomic mass is 16.2. The maximum atomic E-state index is 12.6. The summed E-state index contributed by atoms with van der Waals surface area (Å²) >= 11 is 0. The number of carbonyl (C=O) groups is 2. The number of nitrogens with zero attached hydrogens (tertiary/aromatic N) is 1. The van der Waals surface area contributed by atoms with Crippen molar-refractivity contribution in [1.29, 1.82) is 0 Å². The van der Waals surface area contributed by atoms with Crippen molar-refractivity contribution in [3.8, 4) is 0 Å². The standard InChI is InChI=1S/C16H23NO2/c1-3-4-5-6-9-17-14(18)13-11-7-8-12(10-11)16(13,2)15(17)19/h7-8,11-13H,3-6,9-10H2,1-2H3. The summed E-state index contributed by atoms with van der Waals surface area (Å²) in [6.07, 6.45) is 9.75. The second-order valence-corrected chi connectivity index (χ2v) is 6.51. The summed E-state index contributed by atoms with van der Waals surface area (Å²) < 4.78 is 0. The Morgan fingerprint density at radius 1 is 1.26 bits per heavy atom. The molecule has 3 nitrogen and oxygen atoms in total. The lowest BCUT2D eigenvalue weighted by molar-refractivity contribution is -0.142. The van der Waals surface area contributed by atoms with E-state index < -0.39 is 5.41 Å². The average molecular weight is 261 g/mol. The van der Waals surface area contributed by atoms with E-state index in [9.17, 15) is 9.59 Å². The molecule has 2 fully saturated rings. The van der Waals surface area contributed by atoms with Gasteiger partial charge in [-0.2, -0.15) is 0 Å². The average Bonchev–Trinajstić information content (AvgIpc) is 3.01. The summed E-state index contributed by atoms with van der Waals surface area (Å²) in [4.78, 5) is 26.7. The van der Waals surface area contributed by atoms with E-state index in [0.717, 1.165) is 19.3 Å². The van der Waals surface area contributed by atoms with Gasteiger partial charge < -0.3 is 0 Å². The van der Waals surface area contributed by atoms with Crippen molar-refractivity contribution >= 4 is 11.8 Å². The fraction of sp³-hybridized carbons (Fsp3) is 0.750. The lowest BCUT2D eigenvalue weighted by Gasteiger charge is -2.28. The molecule has 3 aliphatic rings. The summed E-state index contributed by atoms with van der Waals surface area (Å²) in [7, 11) is 0. The summed E-state index contributed by atoms with van der Waals surface area (Å²) in [6.45, 7) is 4.81. The van der Waals surface area contributed by atoms with Gasteiger partial charge in [-0.1, -0.05) is 38.3 Å². The lowest BCUT2D eigenvalue weighted by Crippen LogP contribution is -2.37. The maximum Gasteiger partial charge on any atom is 0.236 e. The molecule has 2 aliphatic carbocycles. The number of likely N-dealkylation sites (tertiary alicyclic amines) is 1. The van der Waals surface area contributed by atoms with Crippen molar-refractivity contribution < 1.29 is 9.59 Å². The third-order valence-electron chi connectivity index (χ3n) is 5.43. The molecule has 0 spiro atoms.